The van der Waals surface area contributed by atoms with Gasteiger partial charge in [0.1, 0.15) is 0 Å². The van der Waals surface area contributed by atoms with Gasteiger partial charge in [-0.2, -0.15) is 0 Å². The number of aromatic nitrogens is 1. The maximum absolute atomic E-state index is 11.5. The van der Waals surface area contributed by atoms with E-state index in [1.54, 1.807) is 6.08 Å². The minimum Gasteiger partial charge on any atom is -0.361 e. The number of thioether (sulfide) groups is 1. The van der Waals surface area contributed by atoms with Crippen molar-refractivity contribution in [3.8, 4) is 0 Å². The highest BCUT2D eigenvalue weighted by molar-refractivity contribution is 9.10. The van der Waals surface area contributed by atoms with Crippen LogP contribution in [-0.2, 0) is 4.79 Å². The monoisotopic (exact) mass is 322 g/mol. The molecule has 90 valence electrons. The summed E-state index contributed by atoms with van der Waals surface area (Å²) in [6.45, 7) is 0. The average molecular weight is 323 g/mol. The summed E-state index contributed by atoms with van der Waals surface area (Å²) in [5, 5.41) is 2.92. The lowest BCUT2D eigenvalue weighted by Crippen LogP contribution is -2.17. The van der Waals surface area contributed by atoms with E-state index in [4.69, 9.17) is 0 Å². The number of carbonyl (C=O) groups is 2. The van der Waals surface area contributed by atoms with Crippen LogP contribution < -0.4 is 5.32 Å². The van der Waals surface area contributed by atoms with E-state index in [2.05, 4.69) is 26.2 Å². The summed E-state index contributed by atoms with van der Waals surface area (Å²) >= 11 is 4.32. The molecular formula is C12H7BrN2O2S. The second-order valence-electron chi connectivity index (χ2n) is 3.79. The molecule has 1 saturated heterocycles. The summed E-state index contributed by atoms with van der Waals surface area (Å²) in [6, 6.07) is 5.86. The average Bonchev–Trinajstić information content (AvgIpc) is 2.84. The molecule has 2 aromatic rings. The van der Waals surface area contributed by atoms with Crippen molar-refractivity contribution < 1.29 is 9.59 Å². The minimum atomic E-state index is -0.337. The Kier molecular flexibility index (Phi) is 2.76. The zero-order valence-electron chi connectivity index (χ0n) is 8.99. The standard InChI is InChI=1S/C12H7BrN2O2S/c13-7-1-2-8-6(5-14-9(8)4-7)3-10-11(16)15-12(17)18-10/h1-5,14H,(H,15,16,17)/b10-3-. The first-order chi connectivity index (χ1) is 8.63. The van der Waals surface area contributed by atoms with Crippen molar-refractivity contribution in [2.75, 3.05) is 0 Å². The van der Waals surface area contributed by atoms with Gasteiger partial charge in [0.15, 0.2) is 0 Å². The third-order valence-electron chi connectivity index (χ3n) is 2.60. The molecule has 4 nitrogen and oxygen atoms in total. The van der Waals surface area contributed by atoms with Gasteiger partial charge in [0.25, 0.3) is 11.1 Å². The molecule has 18 heavy (non-hydrogen) atoms. The Labute approximate surface area is 115 Å². The molecule has 0 atom stereocenters. The van der Waals surface area contributed by atoms with Crippen molar-refractivity contribution in [3.63, 3.8) is 0 Å². The molecule has 2 amide bonds. The lowest BCUT2D eigenvalue weighted by atomic mass is 10.1. The van der Waals surface area contributed by atoms with Crippen molar-refractivity contribution >= 4 is 55.8 Å². The van der Waals surface area contributed by atoms with E-state index < -0.39 is 0 Å². The number of nitrogens with one attached hydrogen (secondary N) is 2. The maximum Gasteiger partial charge on any atom is 0.290 e. The lowest BCUT2D eigenvalue weighted by Gasteiger charge is -1.94. The molecule has 2 N–H and O–H groups in total. The van der Waals surface area contributed by atoms with Gasteiger partial charge in [-0.25, -0.2) is 0 Å². The number of hydrogen-bond acceptors (Lipinski definition) is 3. The molecule has 1 fully saturated rings. The Balaban J connectivity index is 2.08. The van der Waals surface area contributed by atoms with Crippen LogP contribution in [0.2, 0.25) is 0 Å². The second kappa shape index (κ2) is 4.29. The Morgan fingerprint density at radius 3 is 2.83 bits per heavy atom. The summed E-state index contributed by atoms with van der Waals surface area (Å²) in [7, 11) is 0. The molecule has 0 radical (unpaired) electrons. The van der Waals surface area contributed by atoms with Gasteiger partial charge in [-0.3, -0.25) is 14.9 Å². The van der Waals surface area contributed by atoms with Crippen LogP contribution in [0.5, 0.6) is 0 Å². The van der Waals surface area contributed by atoms with E-state index >= 15 is 0 Å². The van der Waals surface area contributed by atoms with Gasteiger partial charge in [0.2, 0.25) is 0 Å². The van der Waals surface area contributed by atoms with Gasteiger partial charge in [0, 0.05) is 27.1 Å². The summed E-state index contributed by atoms with van der Waals surface area (Å²) in [5.41, 5.74) is 1.87. The van der Waals surface area contributed by atoms with Gasteiger partial charge in [-0.05, 0) is 30.0 Å². The first-order valence-electron chi connectivity index (χ1n) is 5.15. The molecule has 0 saturated carbocycles. The van der Waals surface area contributed by atoms with E-state index in [0.717, 1.165) is 32.7 Å². The van der Waals surface area contributed by atoms with Crippen LogP contribution in [0.1, 0.15) is 5.56 Å². The molecule has 0 spiro atoms. The quantitative estimate of drug-likeness (QED) is 0.792. The normalized spacial score (nSPS) is 17.7. The summed E-state index contributed by atoms with van der Waals surface area (Å²) in [4.78, 5) is 26.1. The highest BCUT2D eigenvalue weighted by atomic mass is 79.9. The molecule has 1 aliphatic rings. The molecule has 0 unspecified atom stereocenters. The van der Waals surface area contributed by atoms with Crippen molar-refractivity contribution in [3.05, 3.63) is 39.3 Å². The van der Waals surface area contributed by atoms with E-state index in [1.165, 1.54) is 0 Å². The van der Waals surface area contributed by atoms with Gasteiger partial charge >= 0.3 is 0 Å². The van der Waals surface area contributed by atoms with E-state index in [0.29, 0.717) is 4.91 Å². The smallest absolute Gasteiger partial charge is 0.290 e. The summed E-state index contributed by atoms with van der Waals surface area (Å²) in [5.74, 6) is -0.337. The first-order valence-corrected chi connectivity index (χ1v) is 6.76. The number of H-pyrrole nitrogens is 1. The Morgan fingerprint density at radius 2 is 2.11 bits per heavy atom. The topological polar surface area (TPSA) is 62.0 Å². The number of amides is 2. The third kappa shape index (κ3) is 1.97. The molecule has 0 bridgehead atoms. The number of rotatable bonds is 1. The van der Waals surface area contributed by atoms with E-state index in [9.17, 15) is 9.59 Å². The third-order valence-corrected chi connectivity index (χ3v) is 3.91. The molecule has 1 aromatic carbocycles. The number of benzene rings is 1. The molecule has 6 heteroatoms. The Morgan fingerprint density at radius 1 is 1.28 bits per heavy atom. The second-order valence-corrected chi connectivity index (χ2v) is 5.72. The fourth-order valence-corrected chi connectivity index (χ4v) is 2.84. The van der Waals surface area contributed by atoms with Crippen molar-refractivity contribution in [2.24, 2.45) is 0 Å². The van der Waals surface area contributed by atoms with E-state index in [1.807, 2.05) is 24.4 Å². The zero-order chi connectivity index (χ0) is 12.7. The summed E-state index contributed by atoms with van der Waals surface area (Å²) in [6.07, 6.45) is 3.54. The highest BCUT2D eigenvalue weighted by Crippen LogP contribution is 2.29. The van der Waals surface area contributed by atoms with Crippen molar-refractivity contribution in [1.29, 1.82) is 0 Å². The predicted octanol–water partition coefficient (Wildman–Crippen LogP) is 3.25. The Hall–Kier alpha value is -1.53. The fraction of sp³-hybridized carbons (Fsp3) is 0. The first kappa shape index (κ1) is 11.6. The van der Waals surface area contributed by atoms with Crippen LogP contribution in [0.3, 0.4) is 0 Å². The molecule has 3 rings (SSSR count). The number of carbonyl (C=O) groups excluding carboxylic acids is 2. The van der Waals surface area contributed by atoms with Crippen LogP contribution in [0.25, 0.3) is 17.0 Å². The number of aromatic amines is 1. The maximum atomic E-state index is 11.5. The number of halogens is 1. The number of imide groups is 1. The van der Waals surface area contributed by atoms with Crippen LogP contribution >= 0.6 is 27.7 Å². The van der Waals surface area contributed by atoms with Crippen LogP contribution in [0.15, 0.2) is 33.8 Å². The molecule has 2 heterocycles. The molecule has 1 aliphatic heterocycles. The van der Waals surface area contributed by atoms with Gasteiger partial charge < -0.3 is 4.98 Å². The largest absolute Gasteiger partial charge is 0.361 e. The van der Waals surface area contributed by atoms with Gasteiger partial charge in [-0.15, -0.1) is 0 Å². The number of hydrogen-bond donors (Lipinski definition) is 2. The van der Waals surface area contributed by atoms with Crippen LogP contribution in [-0.4, -0.2) is 16.1 Å². The zero-order valence-corrected chi connectivity index (χ0v) is 11.4. The summed E-state index contributed by atoms with van der Waals surface area (Å²) < 4.78 is 0.985. The molecule has 1 aromatic heterocycles. The molecule has 0 aliphatic carbocycles. The SMILES string of the molecule is O=C1NC(=O)/C(=C/c2c[nH]c3cc(Br)ccc23)S1. The molecular weight excluding hydrogens is 316 g/mol. The van der Waals surface area contributed by atoms with Gasteiger partial charge in [0.05, 0.1) is 4.91 Å². The van der Waals surface area contributed by atoms with Crippen molar-refractivity contribution in [1.82, 2.24) is 10.3 Å². The van der Waals surface area contributed by atoms with Crippen molar-refractivity contribution in [2.45, 2.75) is 0 Å². The van der Waals surface area contributed by atoms with Crippen LogP contribution in [0, 0.1) is 0 Å². The minimum absolute atomic E-state index is 0.325. The van der Waals surface area contributed by atoms with Gasteiger partial charge in [-0.1, -0.05) is 22.0 Å². The Bertz CT molecular complexity index is 705. The van der Waals surface area contributed by atoms with E-state index in [-0.39, 0.29) is 11.1 Å². The lowest BCUT2D eigenvalue weighted by molar-refractivity contribution is -0.115. The highest BCUT2D eigenvalue weighted by Gasteiger charge is 2.25. The fourth-order valence-electron chi connectivity index (χ4n) is 1.80. The predicted molar refractivity (Wildman–Crippen MR) is 75.1 cm³/mol. The van der Waals surface area contributed by atoms with Crippen LogP contribution in [0.4, 0.5) is 4.79 Å². The number of fused-ring (bicyclic) bond motifs is 1.